The van der Waals surface area contributed by atoms with Gasteiger partial charge in [-0.2, -0.15) is 0 Å². The Morgan fingerprint density at radius 3 is 2.12 bits per heavy atom. The van der Waals surface area contributed by atoms with Crippen molar-refractivity contribution in [3.05, 3.63) is 71.8 Å². The van der Waals surface area contributed by atoms with Crippen molar-refractivity contribution < 1.29 is 14.6 Å². The molecule has 2 rings (SSSR count). The average Bonchev–Trinajstić information content (AvgIpc) is 2.61. The molecule has 0 radical (unpaired) electrons. The lowest BCUT2D eigenvalue weighted by atomic mass is 9.87. The molecule has 0 aliphatic heterocycles. The Hall–Kier alpha value is -2.17. The van der Waals surface area contributed by atoms with Crippen molar-refractivity contribution >= 4 is 5.97 Å². The number of nitrogens with two attached hydrogens (primary N) is 1. The highest BCUT2D eigenvalue weighted by atomic mass is 16.6. The van der Waals surface area contributed by atoms with Gasteiger partial charge in [0.2, 0.25) is 0 Å². The van der Waals surface area contributed by atoms with Gasteiger partial charge in [-0.25, -0.2) is 0 Å². The second kappa shape index (κ2) is 9.35. The summed E-state index contributed by atoms with van der Waals surface area (Å²) < 4.78 is 5.53. The van der Waals surface area contributed by atoms with Crippen LogP contribution in [0.15, 0.2) is 60.7 Å². The minimum atomic E-state index is -0.750. The van der Waals surface area contributed by atoms with Gasteiger partial charge < -0.3 is 9.84 Å². The largest absolute Gasteiger partial charge is 0.446 e. The number of aliphatic hydroxyl groups is 1. The van der Waals surface area contributed by atoms with Crippen molar-refractivity contribution in [2.45, 2.75) is 32.4 Å². The minimum Gasteiger partial charge on any atom is -0.446 e. The number of hydrogen-bond acceptors (Lipinski definition) is 4. The van der Waals surface area contributed by atoms with E-state index in [1.165, 1.54) is 0 Å². The summed E-state index contributed by atoms with van der Waals surface area (Å²) in [7, 11) is 0. The summed E-state index contributed by atoms with van der Waals surface area (Å²) >= 11 is 0. The summed E-state index contributed by atoms with van der Waals surface area (Å²) in [6.07, 6.45) is -0.319. The van der Waals surface area contributed by atoms with Crippen LogP contribution in [0.5, 0.6) is 0 Å². The molecule has 0 aromatic heterocycles. The zero-order valence-electron chi connectivity index (χ0n) is 14.8. The van der Waals surface area contributed by atoms with Gasteiger partial charge in [0, 0.05) is 5.92 Å². The Bertz CT molecular complexity index is 643. The van der Waals surface area contributed by atoms with Gasteiger partial charge in [0.15, 0.2) is 6.23 Å². The summed E-state index contributed by atoms with van der Waals surface area (Å²) in [5.74, 6) is -0.953. The fraction of sp³-hybridized carbons (Fsp3) is 0.381. The number of esters is 1. The van der Waals surface area contributed by atoms with Crippen LogP contribution in [0.2, 0.25) is 0 Å². The van der Waals surface area contributed by atoms with Crippen molar-refractivity contribution in [2.24, 2.45) is 17.6 Å². The predicted octanol–water partition coefficient (Wildman–Crippen LogP) is 3.11. The molecule has 0 aliphatic rings. The van der Waals surface area contributed by atoms with Gasteiger partial charge in [-0.15, -0.1) is 0 Å². The van der Waals surface area contributed by atoms with Crippen LogP contribution in [-0.4, -0.2) is 23.9 Å². The molecule has 4 nitrogen and oxygen atoms in total. The average molecular weight is 341 g/mol. The molecule has 0 fully saturated rings. The Morgan fingerprint density at radius 2 is 1.60 bits per heavy atom. The molecule has 0 heterocycles. The lowest BCUT2D eigenvalue weighted by Crippen LogP contribution is -2.39. The molecule has 3 unspecified atom stereocenters. The van der Waals surface area contributed by atoms with E-state index in [-0.39, 0.29) is 18.4 Å². The molecule has 3 N–H and O–H groups in total. The topological polar surface area (TPSA) is 72.5 Å². The zero-order chi connectivity index (χ0) is 18.2. The Balaban J connectivity index is 2.05. The maximum absolute atomic E-state index is 12.5. The highest BCUT2D eigenvalue weighted by Gasteiger charge is 2.29. The quantitative estimate of drug-likeness (QED) is 0.572. The van der Waals surface area contributed by atoms with E-state index < -0.39 is 18.1 Å². The van der Waals surface area contributed by atoms with E-state index in [1.54, 1.807) is 0 Å². The number of carbonyl (C=O) groups excluding carboxylic acids is 1. The number of benzene rings is 2. The molecule has 25 heavy (non-hydrogen) atoms. The van der Waals surface area contributed by atoms with E-state index in [0.29, 0.717) is 6.42 Å². The third-order valence-electron chi connectivity index (χ3n) is 4.39. The van der Waals surface area contributed by atoms with Crippen molar-refractivity contribution in [2.75, 3.05) is 6.61 Å². The number of aliphatic hydroxyl groups excluding tert-OH is 1. The SMILES string of the molecule is CC(C)C(c1ccccc1)C(N)OC(=O)C(CO)Cc1ccccc1. The fourth-order valence-corrected chi connectivity index (χ4v) is 3.05. The van der Waals surface area contributed by atoms with E-state index >= 15 is 0 Å². The molecule has 0 bridgehead atoms. The van der Waals surface area contributed by atoms with Gasteiger partial charge in [0.05, 0.1) is 12.5 Å². The molecule has 134 valence electrons. The van der Waals surface area contributed by atoms with Crippen molar-refractivity contribution in [3.8, 4) is 0 Å². The zero-order valence-corrected chi connectivity index (χ0v) is 14.8. The van der Waals surface area contributed by atoms with Crippen molar-refractivity contribution in [3.63, 3.8) is 0 Å². The van der Waals surface area contributed by atoms with Gasteiger partial charge in [0.25, 0.3) is 0 Å². The lowest BCUT2D eigenvalue weighted by Gasteiger charge is -2.28. The molecule has 2 aromatic rings. The first-order valence-corrected chi connectivity index (χ1v) is 8.68. The van der Waals surface area contributed by atoms with Crippen LogP contribution in [0.1, 0.15) is 30.9 Å². The van der Waals surface area contributed by atoms with Crippen LogP contribution < -0.4 is 5.73 Å². The summed E-state index contributed by atoms with van der Waals surface area (Å²) in [5, 5.41) is 9.59. The van der Waals surface area contributed by atoms with Crippen LogP contribution in [0.3, 0.4) is 0 Å². The first kappa shape index (κ1) is 19.2. The molecule has 2 aromatic carbocycles. The molecule has 0 saturated heterocycles. The summed E-state index contributed by atoms with van der Waals surface area (Å²) in [4.78, 5) is 12.5. The van der Waals surface area contributed by atoms with Crippen LogP contribution in [0.25, 0.3) is 0 Å². The Kier molecular flexibility index (Phi) is 7.16. The van der Waals surface area contributed by atoms with Crippen LogP contribution in [0.4, 0.5) is 0 Å². The first-order chi connectivity index (χ1) is 12.0. The molecule has 0 spiro atoms. The van der Waals surface area contributed by atoms with Crippen LogP contribution in [0, 0.1) is 11.8 Å². The third kappa shape index (κ3) is 5.41. The van der Waals surface area contributed by atoms with E-state index in [0.717, 1.165) is 11.1 Å². The highest BCUT2D eigenvalue weighted by Crippen LogP contribution is 2.28. The molecule has 3 atom stereocenters. The summed E-state index contributed by atoms with van der Waals surface area (Å²) in [6.45, 7) is 3.84. The molecule has 0 amide bonds. The number of ether oxygens (including phenoxy) is 1. The maximum atomic E-state index is 12.5. The van der Waals surface area contributed by atoms with Gasteiger partial charge >= 0.3 is 5.97 Å². The lowest BCUT2D eigenvalue weighted by molar-refractivity contribution is -0.157. The highest BCUT2D eigenvalue weighted by molar-refractivity contribution is 5.73. The molecule has 4 heteroatoms. The molecular weight excluding hydrogens is 314 g/mol. The summed E-state index contributed by atoms with van der Waals surface area (Å²) in [5.41, 5.74) is 8.24. The van der Waals surface area contributed by atoms with Gasteiger partial charge in [0.1, 0.15) is 0 Å². The van der Waals surface area contributed by atoms with Gasteiger partial charge in [-0.3, -0.25) is 10.5 Å². The van der Waals surface area contributed by atoms with Gasteiger partial charge in [-0.1, -0.05) is 74.5 Å². The minimum absolute atomic E-state index is 0.0961. The molecular formula is C21H27NO3. The number of rotatable bonds is 8. The van der Waals surface area contributed by atoms with E-state index in [4.69, 9.17) is 10.5 Å². The molecule has 0 aliphatic carbocycles. The predicted molar refractivity (Wildman–Crippen MR) is 98.8 cm³/mol. The number of carbonyl (C=O) groups is 1. The monoisotopic (exact) mass is 341 g/mol. The van der Waals surface area contributed by atoms with Crippen molar-refractivity contribution in [1.82, 2.24) is 0 Å². The van der Waals surface area contributed by atoms with E-state index in [2.05, 4.69) is 13.8 Å². The Labute approximate surface area is 149 Å². The van der Waals surface area contributed by atoms with Gasteiger partial charge in [-0.05, 0) is 23.5 Å². The molecule has 0 saturated carbocycles. The maximum Gasteiger partial charge on any atom is 0.313 e. The first-order valence-electron chi connectivity index (χ1n) is 8.68. The van der Waals surface area contributed by atoms with Crippen LogP contribution in [-0.2, 0) is 16.0 Å². The Morgan fingerprint density at radius 1 is 1.04 bits per heavy atom. The second-order valence-corrected chi connectivity index (χ2v) is 6.65. The number of hydrogen-bond donors (Lipinski definition) is 2. The second-order valence-electron chi connectivity index (χ2n) is 6.65. The third-order valence-corrected chi connectivity index (χ3v) is 4.39. The smallest absolute Gasteiger partial charge is 0.313 e. The van der Waals surface area contributed by atoms with E-state index in [1.807, 2.05) is 60.7 Å². The standard InChI is InChI=1S/C21H27NO3/c1-15(2)19(17-11-7-4-8-12-17)20(22)25-21(24)18(14-23)13-16-9-5-3-6-10-16/h3-12,15,18-20,23H,13-14,22H2,1-2H3. The van der Waals surface area contributed by atoms with E-state index in [9.17, 15) is 9.90 Å². The van der Waals surface area contributed by atoms with Crippen LogP contribution >= 0.6 is 0 Å². The fourth-order valence-electron chi connectivity index (χ4n) is 3.05. The normalized spacial score (nSPS) is 14.8. The van der Waals surface area contributed by atoms with Crippen molar-refractivity contribution in [1.29, 1.82) is 0 Å². The summed E-state index contributed by atoms with van der Waals surface area (Å²) in [6, 6.07) is 19.4.